The first-order chi connectivity index (χ1) is 10.7. The minimum atomic E-state index is -0.835. The summed E-state index contributed by atoms with van der Waals surface area (Å²) in [5, 5.41) is 13.9. The van der Waals surface area contributed by atoms with Crippen LogP contribution in [0.2, 0.25) is 0 Å². The van der Waals surface area contributed by atoms with Crippen LogP contribution in [0, 0.1) is 0 Å². The van der Waals surface area contributed by atoms with E-state index >= 15 is 0 Å². The predicted molar refractivity (Wildman–Crippen MR) is 86.3 cm³/mol. The molecular weight excluding hydrogens is 278 g/mol. The van der Waals surface area contributed by atoms with Gasteiger partial charge in [0.1, 0.15) is 12.1 Å². The van der Waals surface area contributed by atoms with E-state index in [1.165, 1.54) is 0 Å². The van der Waals surface area contributed by atoms with Gasteiger partial charge >= 0.3 is 0 Å². The zero-order chi connectivity index (χ0) is 15.8. The zero-order valence-corrected chi connectivity index (χ0v) is 13.4. The van der Waals surface area contributed by atoms with Gasteiger partial charge < -0.3 is 15.3 Å². The van der Waals surface area contributed by atoms with Crippen LogP contribution in [-0.4, -0.2) is 46.6 Å². The molecule has 1 aromatic rings. The average molecular weight is 305 g/mol. The number of nitrogens with zero attached hydrogens (tertiary/aromatic N) is 2. The molecule has 0 bridgehead atoms. The Morgan fingerprint density at radius 3 is 2.64 bits per heavy atom. The molecule has 5 heteroatoms. The number of rotatable bonds is 8. The third-order valence-electron chi connectivity index (χ3n) is 4.19. The Hall–Kier alpha value is -1.46. The Morgan fingerprint density at radius 2 is 2.00 bits per heavy atom. The molecule has 0 spiro atoms. The Labute approximate surface area is 132 Å². The normalized spacial score (nSPS) is 17.5. The summed E-state index contributed by atoms with van der Waals surface area (Å²) in [7, 11) is 0. The number of aliphatic hydroxyl groups is 1. The number of hydrogen-bond donors (Lipinski definition) is 2. The van der Waals surface area contributed by atoms with Gasteiger partial charge in [-0.1, -0.05) is 19.8 Å². The molecule has 5 nitrogen and oxygen atoms in total. The first-order valence-electron chi connectivity index (χ1n) is 8.34. The highest BCUT2D eigenvalue weighted by Gasteiger charge is 2.32. The second kappa shape index (κ2) is 8.86. The smallest absolute Gasteiger partial charge is 0.242 e. The predicted octanol–water partition coefficient (Wildman–Crippen LogP) is 1.89. The molecular formula is C17H27N3O2. The highest BCUT2D eigenvalue weighted by molar-refractivity contribution is 5.83. The molecule has 2 rings (SSSR count). The fraction of sp³-hybridized carbons (Fsp3) is 0.647. The van der Waals surface area contributed by atoms with E-state index in [0.717, 1.165) is 57.3 Å². The molecule has 1 aliphatic rings. The molecule has 0 saturated carbocycles. The van der Waals surface area contributed by atoms with Crippen molar-refractivity contribution in [2.75, 3.05) is 19.6 Å². The number of aliphatic hydroxyl groups excluding tert-OH is 1. The average Bonchev–Trinajstić information content (AvgIpc) is 3.09. The number of likely N-dealkylation sites (tertiary alicyclic amines) is 1. The maximum Gasteiger partial charge on any atom is 0.242 e. The van der Waals surface area contributed by atoms with Crippen LogP contribution in [0.25, 0.3) is 0 Å². The summed E-state index contributed by atoms with van der Waals surface area (Å²) in [6, 6.07) is 2.96. The second-order valence-electron chi connectivity index (χ2n) is 5.90. The van der Waals surface area contributed by atoms with Gasteiger partial charge in [-0.2, -0.15) is 0 Å². The third-order valence-corrected chi connectivity index (χ3v) is 4.19. The summed E-state index contributed by atoms with van der Waals surface area (Å²) in [6.07, 6.45) is 7.85. The molecule has 0 aliphatic carbocycles. The van der Waals surface area contributed by atoms with Crippen molar-refractivity contribution in [3.05, 3.63) is 30.1 Å². The molecule has 2 N–H and O–H groups in total. The van der Waals surface area contributed by atoms with Crippen molar-refractivity contribution < 1.29 is 9.90 Å². The van der Waals surface area contributed by atoms with E-state index in [0.29, 0.717) is 0 Å². The van der Waals surface area contributed by atoms with E-state index in [-0.39, 0.29) is 5.91 Å². The lowest BCUT2D eigenvalue weighted by Crippen LogP contribution is -2.49. The minimum absolute atomic E-state index is 0.0123. The Morgan fingerprint density at radius 1 is 1.32 bits per heavy atom. The maximum atomic E-state index is 12.7. The summed E-state index contributed by atoms with van der Waals surface area (Å²) in [5.74, 6) is 0.0123. The van der Waals surface area contributed by atoms with E-state index in [1.807, 2.05) is 4.90 Å². The van der Waals surface area contributed by atoms with Gasteiger partial charge in [-0.3, -0.25) is 9.78 Å². The molecule has 22 heavy (non-hydrogen) atoms. The number of hydrogen-bond acceptors (Lipinski definition) is 4. The van der Waals surface area contributed by atoms with Crippen LogP contribution in [0.4, 0.5) is 0 Å². The molecule has 1 aliphatic heterocycles. The van der Waals surface area contributed by atoms with Crippen LogP contribution >= 0.6 is 0 Å². The standard InChI is InChI=1S/C17H27N3O2/c1-2-3-4-9-19-15(17(22)20-12-5-6-13-20)16(21)14-7-10-18-11-8-14/h7-8,10-11,15-16,19,21H,2-6,9,12-13H2,1H3/t15-,16+/m1/s1. The van der Waals surface area contributed by atoms with Crippen molar-refractivity contribution in [2.45, 2.75) is 51.2 Å². The summed E-state index contributed by atoms with van der Waals surface area (Å²) < 4.78 is 0. The van der Waals surface area contributed by atoms with Crippen molar-refractivity contribution in [2.24, 2.45) is 0 Å². The van der Waals surface area contributed by atoms with Crippen molar-refractivity contribution in [3.63, 3.8) is 0 Å². The number of carbonyl (C=O) groups excluding carboxylic acids is 1. The third kappa shape index (κ3) is 4.52. The number of pyridine rings is 1. The first-order valence-corrected chi connectivity index (χ1v) is 8.34. The summed E-state index contributed by atoms with van der Waals surface area (Å²) in [4.78, 5) is 18.5. The van der Waals surface area contributed by atoms with Gasteiger partial charge in [0.25, 0.3) is 0 Å². The number of unbranched alkanes of at least 4 members (excludes halogenated alkanes) is 2. The fourth-order valence-corrected chi connectivity index (χ4v) is 2.85. The van der Waals surface area contributed by atoms with Crippen LogP contribution in [0.1, 0.15) is 50.7 Å². The molecule has 122 valence electrons. The van der Waals surface area contributed by atoms with Crippen LogP contribution in [-0.2, 0) is 4.79 Å². The number of aromatic nitrogens is 1. The molecule has 1 fully saturated rings. The van der Waals surface area contributed by atoms with E-state index < -0.39 is 12.1 Å². The molecule has 2 heterocycles. The van der Waals surface area contributed by atoms with Gasteiger partial charge in [0.05, 0.1) is 0 Å². The largest absolute Gasteiger partial charge is 0.386 e. The van der Waals surface area contributed by atoms with Crippen molar-refractivity contribution in [3.8, 4) is 0 Å². The number of carbonyl (C=O) groups is 1. The lowest BCUT2D eigenvalue weighted by atomic mass is 10.0. The van der Waals surface area contributed by atoms with Gasteiger partial charge in [0.15, 0.2) is 0 Å². The van der Waals surface area contributed by atoms with E-state index in [2.05, 4.69) is 17.2 Å². The lowest BCUT2D eigenvalue weighted by Gasteiger charge is -2.28. The second-order valence-corrected chi connectivity index (χ2v) is 5.90. The van der Waals surface area contributed by atoms with Crippen molar-refractivity contribution in [1.82, 2.24) is 15.2 Å². The first kappa shape index (κ1) is 16.9. The highest BCUT2D eigenvalue weighted by Crippen LogP contribution is 2.20. The topological polar surface area (TPSA) is 65.5 Å². The van der Waals surface area contributed by atoms with E-state index in [1.54, 1.807) is 24.5 Å². The molecule has 0 radical (unpaired) electrons. The molecule has 2 atom stereocenters. The van der Waals surface area contributed by atoms with Gasteiger partial charge in [-0.25, -0.2) is 0 Å². The summed E-state index contributed by atoms with van der Waals surface area (Å²) in [6.45, 7) is 4.50. The van der Waals surface area contributed by atoms with E-state index in [4.69, 9.17) is 0 Å². The Kier molecular flexibility index (Phi) is 6.80. The number of nitrogens with one attached hydrogen (secondary N) is 1. The van der Waals surface area contributed by atoms with Crippen molar-refractivity contribution in [1.29, 1.82) is 0 Å². The lowest BCUT2D eigenvalue weighted by molar-refractivity contribution is -0.135. The Balaban J connectivity index is 2.04. The summed E-state index contributed by atoms with van der Waals surface area (Å²) >= 11 is 0. The molecule has 1 amide bonds. The van der Waals surface area contributed by atoms with Crippen LogP contribution in [0.3, 0.4) is 0 Å². The Bertz CT molecular complexity index is 446. The monoisotopic (exact) mass is 305 g/mol. The fourth-order valence-electron chi connectivity index (χ4n) is 2.85. The van der Waals surface area contributed by atoms with Crippen molar-refractivity contribution >= 4 is 5.91 Å². The molecule has 0 unspecified atom stereocenters. The highest BCUT2D eigenvalue weighted by atomic mass is 16.3. The molecule has 0 aromatic carbocycles. The van der Waals surface area contributed by atoms with Crippen LogP contribution in [0.15, 0.2) is 24.5 Å². The van der Waals surface area contributed by atoms with Gasteiger partial charge in [-0.15, -0.1) is 0 Å². The van der Waals surface area contributed by atoms with Crippen LogP contribution < -0.4 is 5.32 Å². The SMILES string of the molecule is CCCCCN[C@@H](C(=O)N1CCCC1)[C@@H](O)c1ccncc1. The summed E-state index contributed by atoms with van der Waals surface area (Å²) in [5.41, 5.74) is 0.732. The maximum absolute atomic E-state index is 12.7. The van der Waals surface area contributed by atoms with E-state index in [9.17, 15) is 9.90 Å². The van der Waals surface area contributed by atoms with Gasteiger partial charge in [0.2, 0.25) is 5.91 Å². The van der Waals surface area contributed by atoms with Gasteiger partial charge in [0, 0.05) is 25.5 Å². The zero-order valence-electron chi connectivity index (χ0n) is 13.4. The van der Waals surface area contributed by atoms with Crippen LogP contribution in [0.5, 0.6) is 0 Å². The van der Waals surface area contributed by atoms with Gasteiger partial charge in [-0.05, 0) is 43.5 Å². The molecule has 1 saturated heterocycles. The molecule has 1 aromatic heterocycles. The number of amides is 1. The quantitative estimate of drug-likeness (QED) is 0.720. The minimum Gasteiger partial charge on any atom is -0.386 e.